The summed E-state index contributed by atoms with van der Waals surface area (Å²) in [6.07, 6.45) is 5.99. The molecular formula is C16H24ClNO2. The average Bonchev–Trinajstić information content (AvgIpc) is 2.48. The molecule has 0 saturated heterocycles. The van der Waals surface area contributed by atoms with Gasteiger partial charge in [0.25, 0.3) is 0 Å². The molecule has 112 valence electrons. The van der Waals surface area contributed by atoms with Gasteiger partial charge in [-0.2, -0.15) is 0 Å². The van der Waals surface area contributed by atoms with E-state index in [-0.39, 0.29) is 0 Å². The fourth-order valence-electron chi connectivity index (χ4n) is 2.56. The number of rotatable bonds is 7. The largest absolute Gasteiger partial charge is 0.389 e. The first-order valence-electron chi connectivity index (χ1n) is 7.47. The van der Waals surface area contributed by atoms with Crippen LogP contribution in [-0.4, -0.2) is 30.4 Å². The lowest BCUT2D eigenvalue weighted by molar-refractivity contribution is 0.0270. The van der Waals surface area contributed by atoms with Gasteiger partial charge < -0.3 is 15.2 Å². The first-order valence-corrected chi connectivity index (χ1v) is 7.85. The van der Waals surface area contributed by atoms with Gasteiger partial charge in [0.2, 0.25) is 0 Å². The van der Waals surface area contributed by atoms with E-state index in [9.17, 15) is 5.11 Å². The summed E-state index contributed by atoms with van der Waals surface area (Å²) in [5.74, 6) is 0. The molecule has 0 amide bonds. The van der Waals surface area contributed by atoms with Crippen molar-refractivity contribution in [2.24, 2.45) is 0 Å². The van der Waals surface area contributed by atoms with Crippen LogP contribution in [0.25, 0.3) is 0 Å². The summed E-state index contributed by atoms with van der Waals surface area (Å²) in [6.45, 7) is 1.49. The predicted molar refractivity (Wildman–Crippen MR) is 82.0 cm³/mol. The van der Waals surface area contributed by atoms with Gasteiger partial charge in [0, 0.05) is 17.6 Å². The summed E-state index contributed by atoms with van der Waals surface area (Å²) in [5.41, 5.74) is 1.07. The molecule has 1 atom stereocenters. The Morgan fingerprint density at radius 1 is 1.20 bits per heavy atom. The Morgan fingerprint density at radius 2 is 1.90 bits per heavy atom. The molecule has 2 rings (SSSR count). The molecular weight excluding hydrogens is 274 g/mol. The van der Waals surface area contributed by atoms with Gasteiger partial charge in [0.15, 0.2) is 0 Å². The lowest BCUT2D eigenvalue weighted by Crippen LogP contribution is -2.38. The SMILES string of the molecule is OC(CNC1CCCCC1)COCc1ccc(Cl)cc1. The zero-order chi connectivity index (χ0) is 14.2. The number of halogens is 1. The summed E-state index contributed by atoms with van der Waals surface area (Å²) in [6, 6.07) is 8.15. The fraction of sp³-hybridized carbons (Fsp3) is 0.625. The molecule has 2 N–H and O–H groups in total. The number of benzene rings is 1. The van der Waals surface area contributed by atoms with Crippen LogP contribution in [0.1, 0.15) is 37.7 Å². The van der Waals surface area contributed by atoms with Crippen molar-refractivity contribution in [1.82, 2.24) is 5.32 Å². The number of nitrogens with one attached hydrogen (secondary N) is 1. The van der Waals surface area contributed by atoms with Gasteiger partial charge in [-0.1, -0.05) is 43.0 Å². The van der Waals surface area contributed by atoms with Crippen molar-refractivity contribution in [2.45, 2.75) is 50.9 Å². The normalized spacial score (nSPS) is 18.1. The highest BCUT2D eigenvalue weighted by atomic mass is 35.5. The summed E-state index contributed by atoms with van der Waals surface area (Å²) in [4.78, 5) is 0. The Morgan fingerprint density at radius 3 is 2.60 bits per heavy atom. The van der Waals surface area contributed by atoms with E-state index in [1.54, 1.807) is 0 Å². The third kappa shape index (κ3) is 5.80. The third-order valence-corrected chi connectivity index (χ3v) is 3.99. The van der Waals surface area contributed by atoms with Crippen LogP contribution in [-0.2, 0) is 11.3 Å². The first-order chi connectivity index (χ1) is 9.74. The van der Waals surface area contributed by atoms with Crippen LogP contribution in [0, 0.1) is 0 Å². The summed E-state index contributed by atoms with van der Waals surface area (Å²) in [7, 11) is 0. The van der Waals surface area contributed by atoms with Gasteiger partial charge in [0.05, 0.1) is 19.3 Å². The van der Waals surface area contributed by atoms with Crippen LogP contribution >= 0.6 is 11.6 Å². The van der Waals surface area contributed by atoms with Crippen molar-refractivity contribution in [3.63, 3.8) is 0 Å². The molecule has 1 fully saturated rings. The molecule has 1 unspecified atom stereocenters. The fourth-order valence-corrected chi connectivity index (χ4v) is 2.69. The first kappa shape index (κ1) is 15.8. The molecule has 1 aromatic carbocycles. The molecule has 0 spiro atoms. The highest BCUT2D eigenvalue weighted by Gasteiger charge is 2.14. The van der Waals surface area contributed by atoms with E-state index in [2.05, 4.69) is 5.32 Å². The van der Waals surface area contributed by atoms with Gasteiger partial charge >= 0.3 is 0 Å². The number of ether oxygens (including phenoxy) is 1. The Hall–Kier alpha value is -0.610. The lowest BCUT2D eigenvalue weighted by Gasteiger charge is -2.24. The Labute approximate surface area is 126 Å². The molecule has 3 nitrogen and oxygen atoms in total. The molecule has 0 radical (unpaired) electrons. The molecule has 1 saturated carbocycles. The van der Waals surface area contributed by atoms with Crippen LogP contribution in [0.15, 0.2) is 24.3 Å². The van der Waals surface area contributed by atoms with E-state index in [4.69, 9.17) is 16.3 Å². The highest BCUT2D eigenvalue weighted by molar-refractivity contribution is 6.30. The minimum absolute atomic E-state index is 0.363. The van der Waals surface area contributed by atoms with E-state index in [0.29, 0.717) is 25.8 Å². The Balaban J connectivity index is 1.57. The van der Waals surface area contributed by atoms with Crippen molar-refractivity contribution in [3.05, 3.63) is 34.9 Å². The topological polar surface area (TPSA) is 41.5 Å². The average molecular weight is 298 g/mol. The minimum Gasteiger partial charge on any atom is -0.389 e. The van der Waals surface area contributed by atoms with Crippen molar-refractivity contribution in [3.8, 4) is 0 Å². The molecule has 0 heterocycles. The molecule has 1 aliphatic rings. The van der Waals surface area contributed by atoms with Gasteiger partial charge in [0.1, 0.15) is 0 Å². The smallest absolute Gasteiger partial charge is 0.0897 e. The van der Waals surface area contributed by atoms with Crippen LogP contribution in [0.3, 0.4) is 0 Å². The second kappa shape index (κ2) is 8.63. The van der Waals surface area contributed by atoms with E-state index < -0.39 is 6.10 Å². The summed E-state index contributed by atoms with van der Waals surface area (Å²) >= 11 is 5.82. The number of hydrogen-bond donors (Lipinski definition) is 2. The zero-order valence-electron chi connectivity index (χ0n) is 11.9. The molecule has 0 aliphatic heterocycles. The maximum Gasteiger partial charge on any atom is 0.0897 e. The van der Waals surface area contributed by atoms with Crippen molar-refractivity contribution in [1.29, 1.82) is 0 Å². The molecule has 4 heteroatoms. The minimum atomic E-state index is -0.441. The maximum absolute atomic E-state index is 9.89. The standard InChI is InChI=1S/C16H24ClNO2/c17-14-8-6-13(7-9-14)11-20-12-16(19)10-18-15-4-2-1-3-5-15/h6-9,15-16,18-19H,1-5,10-12H2. The van der Waals surface area contributed by atoms with Gasteiger partial charge in [-0.15, -0.1) is 0 Å². The quantitative estimate of drug-likeness (QED) is 0.812. The Bertz CT molecular complexity index is 377. The van der Waals surface area contributed by atoms with Crippen LogP contribution < -0.4 is 5.32 Å². The predicted octanol–water partition coefficient (Wildman–Crippen LogP) is 3.14. The molecule has 0 bridgehead atoms. The van der Waals surface area contributed by atoms with E-state index in [1.807, 2.05) is 24.3 Å². The molecule has 1 aromatic rings. The maximum atomic E-state index is 9.89. The number of aliphatic hydroxyl groups is 1. The van der Waals surface area contributed by atoms with E-state index in [0.717, 1.165) is 10.6 Å². The number of hydrogen-bond acceptors (Lipinski definition) is 3. The highest BCUT2D eigenvalue weighted by Crippen LogP contribution is 2.17. The molecule has 0 aromatic heterocycles. The second-order valence-electron chi connectivity index (χ2n) is 5.54. The van der Waals surface area contributed by atoms with Crippen molar-refractivity contribution < 1.29 is 9.84 Å². The zero-order valence-corrected chi connectivity index (χ0v) is 12.6. The van der Waals surface area contributed by atoms with Crippen molar-refractivity contribution in [2.75, 3.05) is 13.2 Å². The molecule has 20 heavy (non-hydrogen) atoms. The molecule has 1 aliphatic carbocycles. The monoisotopic (exact) mass is 297 g/mol. The Kier molecular flexibility index (Phi) is 6.80. The summed E-state index contributed by atoms with van der Waals surface area (Å²) < 4.78 is 5.53. The summed E-state index contributed by atoms with van der Waals surface area (Å²) in [5, 5.41) is 14.1. The van der Waals surface area contributed by atoms with Gasteiger partial charge in [-0.3, -0.25) is 0 Å². The number of aliphatic hydroxyl groups excluding tert-OH is 1. The van der Waals surface area contributed by atoms with Crippen LogP contribution in [0.5, 0.6) is 0 Å². The van der Waals surface area contributed by atoms with E-state index in [1.165, 1.54) is 32.1 Å². The van der Waals surface area contributed by atoms with Crippen molar-refractivity contribution >= 4 is 11.6 Å². The van der Waals surface area contributed by atoms with E-state index >= 15 is 0 Å². The van der Waals surface area contributed by atoms with Gasteiger partial charge in [-0.05, 0) is 30.5 Å². The van der Waals surface area contributed by atoms with Crippen LogP contribution in [0.2, 0.25) is 5.02 Å². The lowest BCUT2D eigenvalue weighted by atomic mass is 9.95. The van der Waals surface area contributed by atoms with Crippen LogP contribution in [0.4, 0.5) is 0 Å². The third-order valence-electron chi connectivity index (χ3n) is 3.74. The second-order valence-corrected chi connectivity index (χ2v) is 5.98. The van der Waals surface area contributed by atoms with Gasteiger partial charge in [-0.25, -0.2) is 0 Å².